The third-order valence-electron chi connectivity index (χ3n) is 7.87. The summed E-state index contributed by atoms with van der Waals surface area (Å²) in [5, 5.41) is 0. The van der Waals surface area contributed by atoms with Crippen LogP contribution in [0.15, 0.2) is 130 Å². The summed E-state index contributed by atoms with van der Waals surface area (Å²) in [6.45, 7) is 21.9. The molecule has 0 spiro atoms. The van der Waals surface area contributed by atoms with Crippen molar-refractivity contribution in [3.63, 3.8) is 0 Å². The van der Waals surface area contributed by atoms with Crippen LogP contribution in [0.25, 0.3) is 0 Å². The maximum absolute atomic E-state index is 12.0. The van der Waals surface area contributed by atoms with Gasteiger partial charge in [-0.3, -0.25) is 4.79 Å². The van der Waals surface area contributed by atoms with Crippen LogP contribution in [-0.4, -0.2) is 31.2 Å². The maximum Gasteiger partial charge on any atom is 0.137 e. The van der Waals surface area contributed by atoms with Gasteiger partial charge in [-0.15, -0.1) is 0 Å². The normalized spacial score (nSPS) is 21.6. The van der Waals surface area contributed by atoms with Gasteiger partial charge in [0.15, 0.2) is 0 Å². The van der Waals surface area contributed by atoms with E-state index < -0.39 is 0 Å². The van der Waals surface area contributed by atoms with E-state index in [2.05, 4.69) is 176 Å². The van der Waals surface area contributed by atoms with Crippen molar-refractivity contribution >= 4 is 31.2 Å². The number of carbonyl (C=O) groups is 1. The molecule has 224 valence electrons. The van der Waals surface area contributed by atoms with Gasteiger partial charge in [0.2, 0.25) is 0 Å². The standard InChI is InChI=1S/C40H52OTe/c1-29(17-13-19-31(3)21-23-37-33(5)25-35(41)27-39(37,7)8)15-11-12-16-30(2)18-14-20-32(4)22-24-38-34(6)26-36(42)28-40(38,9)10/h11-24H,25-28H2,1-10H3/b12-11+,17-13+,18-14+,23-21+,24-22+,29-15+,30-16+,31-19+,32-20+. The molecular weight excluding hydrogens is 624 g/mol. The summed E-state index contributed by atoms with van der Waals surface area (Å²) in [6.07, 6.45) is 33.7. The van der Waals surface area contributed by atoms with Crippen molar-refractivity contribution in [2.24, 2.45) is 10.8 Å². The van der Waals surface area contributed by atoms with Crippen LogP contribution < -0.4 is 0 Å². The van der Waals surface area contributed by atoms with Gasteiger partial charge >= 0.3 is 137 Å². The number of rotatable bonds is 10. The van der Waals surface area contributed by atoms with E-state index in [0.29, 0.717) is 18.6 Å². The zero-order valence-corrected chi connectivity index (χ0v) is 30.1. The van der Waals surface area contributed by atoms with Crippen molar-refractivity contribution in [2.45, 2.75) is 94.9 Å². The molecule has 0 saturated heterocycles. The van der Waals surface area contributed by atoms with E-state index in [1.165, 1.54) is 51.0 Å². The Hall–Kier alpha value is -2.53. The van der Waals surface area contributed by atoms with E-state index in [0.717, 1.165) is 6.42 Å². The van der Waals surface area contributed by atoms with E-state index in [-0.39, 0.29) is 10.8 Å². The summed E-state index contributed by atoms with van der Waals surface area (Å²) >= 11 is 2.21. The molecule has 0 amide bonds. The minimum Gasteiger partial charge on any atom is -0.299 e. The van der Waals surface area contributed by atoms with E-state index in [4.69, 9.17) is 0 Å². The van der Waals surface area contributed by atoms with Gasteiger partial charge in [-0.25, -0.2) is 0 Å². The number of carbonyl (C=O) groups excluding carboxylic acids is 1. The number of Topliss-reactive ketones (excluding diaryl/α,β-unsaturated/α-hetero) is 1. The molecular formula is C40H52OTe. The number of allylic oxidation sites excluding steroid dienone is 22. The van der Waals surface area contributed by atoms with Gasteiger partial charge in [-0.05, 0) is 31.8 Å². The van der Waals surface area contributed by atoms with Gasteiger partial charge in [-0.1, -0.05) is 79.2 Å². The van der Waals surface area contributed by atoms with Crippen molar-refractivity contribution in [2.75, 3.05) is 0 Å². The van der Waals surface area contributed by atoms with Crippen LogP contribution in [0, 0.1) is 10.8 Å². The fourth-order valence-corrected chi connectivity index (χ4v) is 7.39. The number of ketones is 1. The molecule has 0 aromatic rings. The van der Waals surface area contributed by atoms with Crippen LogP contribution in [0.4, 0.5) is 0 Å². The molecule has 2 heteroatoms. The minimum absolute atomic E-state index is 0.0882. The first-order valence-electron chi connectivity index (χ1n) is 15.1. The average molecular weight is 676 g/mol. The van der Waals surface area contributed by atoms with E-state index in [1.54, 1.807) is 3.55 Å². The molecule has 0 aromatic heterocycles. The Morgan fingerprint density at radius 3 is 1.40 bits per heavy atom. The summed E-state index contributed by atoms with van der Waals surface area (Å²) in [5.41, 5.74) is 10.4. The second-order valence-corrected chi connectivity index (χ2v) is 15.0. The fraction of sp³-hybridized carbons (Fsp3) is 0.400. The van der Waals surface area contributed by atoms with Gasteiger partial charge in [0.1, 0.15) is 5.78 Å². The Labute approximate surface area is 270 Å². The Morgan fingerprint density at radius 1 is 0.595 bits per heavy atom. The van der Waals surface area contributed by atoms with Crippen molar-refractivity contribution < 1.29 is 4.79 Å². The Bertz CT molecular complexity index is 1270. The first-order chi connectivity index (χ1) is 19.6. The molecule has 0 saturated carbocycles. The molecule has 0 unspecified atom stereocenters. The predicted molar refractivity (Wildman–Crippen MR) is 188 cm³/mol. The topological polar surface area (TPSA) is 17.1 Å². The molecule has 0 bridgehead atoms. The third-order valence-corrected chi connectivity index (χ3v) is 8.70. The quantitative estimate of drug-likeness (QED) is 0.166. The summed E-state index contributed by atoms with van der Waals surface area (Å²) in [4.78, 5) is 12.0. The first-order valence-corrected chi connectivity index (χ1v) is 16.3. The Balaban J connectivity index is 1.91. The van der Waals surface area contributed by atoms with Gasteiger partial charge < -0.3 is 0 Å². The monoisotopic (exact) mass is 678 g/mol. The van der Waals surface area contributed by atoms with Crippen LogP contribution in [0.5, 0.6) is 0 Å². The van der Waals surface area contributed by atoms with Gasteiger partial charge in [0.05, 0.1) is 0 Å². The summed E-state index contributed by atoms with van der Waals surface area (Å²) < 4.78 is 1.60. The smallest absolute Gasteiger partial charge is 0.137 e. The van der Waals surface area contributed by atoms with Crippen molar-refractivity contribution in [3.05, 3.63) is 130 Å². The number of hydrogen-bond donors (Lipinski definition) is 0. The second kappa shape index (κ2) is 16.4. The van der Waals surface area contributed by atoms with E-state index in [1.807, 2.05) is 0 Å². The van der Waals surface area contributed by atoms with E-state index in [9.17, 15) is 4.79 Å². The maximum atomic E-state index is 12.0. The molecule has 42 heavy (non-hydrogen) atoms. The van der Waals surface area contributed by atoms with Crippen LogP contribution >= 0.6 is 0 Å². The second-order valence-electron chi connectivity index (χ2n) is 13.4. The van der Waals surface area contributed by atoms with Crippen LogP contribution in [0.3, 0.4) is 0 Å². The van der Waals surface area contributed by atoms with Crippen LogP contribution in [0.2, 0.25) is 0 Å². The van der Waals surface area contributed by atoms with Gasteiger partial charge in [-0.2, -0.15) is 0 Å². The summed E-state index contributed by atoms with van der Waals surface area (Å²) in [5.74, 6) is 0.343. The molecule has 0 radical (unpaired) electrons. The molecule has 0 aliphatic heterocycles. The summed E-state index contributed by atoms with van der Waals surface area (Å²) in [6, 6.07) is 0. The number of hydrogen-bond acceptors (Lipinski definition) is 1. The molecule has 0 N–H and O–H groups in total. The zero-order valence-electron chi connectivity index (χ0n) is 27.7. The minimum atomic E-state index is -0.0882. The average Bonchev–Trinajstić information content (AvgIpc) is 2.84. The largest absolute Gasteiger partial charge is 0.299 e. The van der Waals surface area contributed by atoms with Crippen molar-refractivity contribution in [1.82, 2.24) is 0 Å². The van der Waals surface area contributed by atoms with Crippen LogP contribution in [0.1, 0.15) is 94.9 Å². The molecule has 2 aliphatic carbocycles. The summed E-state index contributed by atoms with van der Waals surface area (Å²) in [7, 11) is 0. The molecule has 0 heterocycles. The molecule has 2 aliphatic rings. The SMILES string of the molecule is CC1=C(/C=C/C(C)=C/C=C/C(C)=C/C=C/C=C(C)/C=C/C=C(C)/C=C/C2=C(C)CC(=[Te])CC2(C)C)C(C)(C)CC(=O)C1. The first kappa shape index (κ1) is 35.7. The molecule has 0 fully saturated rings. The molecule has 0 aromatic carbocycles. The van der Waals surface area contributed by atoms with Crippen molar-refractivity contribution in [3.8, 4) is 0 Å². The van der Waals surface area contributed by atoms with E-state index >= 15 is 0 Å². The van der Waals surface area contributed by atoms with Crippen LogP contribution in [-0.2, 0) is 4.79 Å². The third kappa shape index (κ3) is 12.0. The zero-order chi connectivity index (χ0) is 31.5. The van der Waals surface area contributed by atoms with Gasteiger partial charge in [0.25, 0.3) is 0 Å². The predicted octanol–water partition coefficient (Wildman–Crippen LogP) is 10.7. The molecule has 0 atom stereocenters. The van der Waals surface area contributed by atoms with Gasteiger partial charge in [0, 0.05) is 12.8 Å². The molecule has 1 nitrogen and oxygen atoms in total. The Morgan fingerprint density at radius 2 is 0.976 bits per heavy atom. The fourth-order valence-electron chi connectivity index (χ4n) is 5.74. The molecule has 2 rings (SSSR count). The Kier molecular flexibility index (Phi) is 13.9. The van der Waals surface area contributed by atoms with Crippen molar-refractivity contribution in [1.29, 1.82) is 0 Å².